The van der Waals surface area contributed by atoms with Crippen molar-refractivity contribution in [1.82, 2.24) is 10.1 Å². The summed E-state index contributed by atoms with van der Waals surface area (Å²) in [4.78, 5) is 15.9. The highest BCUT2D eigenvalue weighted by Crippen LogP contribution is 2.43. The number of carboxylic acids is 1. The lowest BCUT2D eigenvalue weighted by Crippen LogP contribution is -2.17. The summed E-state index contributed by atoms with van der Waals surface area (Å²) in [6.07, 6.45) is 4.98. The van der Waals surface area contributed by atoms with E-state index in [4.69, 9.17) is 4.52 Å². The zero-order chi connectivity index (χ0) is 14.3. The molecule has 0 spiro atoms. The van der Waals surface area contributed by atoms with Gasteiger partial charge in [0.2, 0.25) is 5.89 Å². The number of rotatable bonds is 3. The SMILES string of the molecule is CC1CCC(c2noc(C3CC(C)CC3C(=O)O)n2)C1. The first-order valence-corrected chi connectivity index (χ1v) is 7.61. The molecule has 110 valence electrons. The van der Waals surface area contributed by atoms with Crippen LogP contribution in [0.25, 0.3) is 0 Å². The van der Waals surface area contributed by atoms with Crippen LogP contribution in [0.15, 0.2) is 4.52 Å². The monoisotopic (exact) mass is 278 g/mol. The normalized spacial score (nSPS) is 37.4. The minimum atomic E-state index is -0.742. The Kier molecular flexibility index (Phi) is 3.52. The molecule has 1 aromatic heterocycles. The van der Waals surface area contributed by atoms with E-state index in [0.29, 0.717) is 24.1 Å². The predicted molar refractivity (Wildman–Crippen MR) is 72.3 cm³/mol. The summed E-state index contributed by atoms with van der Waals surface area (Å²) < 4.78 is 5.40. The van der Waals surface area contributed by atoms with Gasteiger partial charge in [-0.3, -0.25) is 4.79 Å². The van der Waals surface area contributed by atoms with Crippen molar-refractivity contribution in [2.75, 3.05) is 0 Å². The maximum absolute atomic E-state index is 11.3. The van der Waals surface area contributed by atoms with E-state index in [2.05, 4.69) is 24.0 Å². The van der Waals surface area contributed by atoms with Crippen LogP contribution in [0.2, 0.25) is 0 Å². The van der Waals surface area contributed by atoms with Crippen molar-refractivity contribution in [3.05, 3.63) is 11.7 Å². The molecule has 0 bridgehead atoms. The summed E-state index contributed by atoms with van der Waals surface area (Å²) in [6, 6.07) is 0. The van der Waals surface area contributed by atoms with E-state index in [1.165, 1.54) is 6.42 Å². The van der Waals surface area contributed by atoms with Crippen LogP contribution in [0.1, 0.15) is 69.5 Å². The largest absolute Gasteiger partial charge is 0.481 e. The van der Waals surface area contributed by atoms with Crippen LogP contribution in [0.5, 0.6) is 0 Å². The van der Waals surface area contributed by atoms with Crippen LogP contribution in [-0.2, 0) is 4.79 Å². The first kappa shape index (κ1) is 13.6. The summed E-state index contributed by atoms with van der Waals surface area (Å²) in [5.41, 5.74) is 0. The first-order valence-electron chi connectivity index (χ1n) is 7.61. The van der Waals surface area contributed by atoms with Gasteiger partial charge in [0.05, 0.1) is 11.8 Å². The summed E-state index contributed by atoms with van der Waals surface area (Å²) in [6.45, 7) is 4.34. The lowest BCUT2D eigenvalue weighted by atomic mass is 9.96. The fraction of sp³-hybridized carbons (Fsp3) is 0.800. The molecule has 1 heterocycles. The van der Waals surface area contributed by atoms with Gasteiger partial charge >= 0.3 is 5.97 Å². The molecule has 5 unspecified atom stereocenters. The Balaban J connectivity index is 1.77. The van der Waals surface area contributed by atoms with Gasteiger partial charge in [0.15, 0.2) is 5.82 Å². The highest BCUT2D eigenvalue weighted by Gasteiger charge is 2.41. The summed E-state index contributed by atoms with van der Waals surface area (Å²) >= 11 is 0. The van der Waals surface area contributed by atoms with Gasteiger partial charge in [0.1, 0.15) is 0 Å². The van der Waals surface area contributed by atoms with E-state index in [1.807, 2.05) is 0 Å². The lowest BCUT2D eigenvalue weighted by Gasteiger charge is -2.10. The van der Waals surface area contributed by atoms with Crippen molar-refractivity contribution in [2.24, 2.45) is 17.8 Å². The van der Waals surface area contributed by atoms with Crippen LogP contribution in [0.3, 0.4) is 0 Å². The molecule has 2 aliphatic rings. The second-order valence-electron chi connectivity index (χ2n) is 6.73. The molecule has 0 amide bonds. The highest BCUT2D eigenvalue weighted by atomic mass is 16.5. The van der Waals surface area contributed by atoms with Gasteiger partial charge in [-0.1, -0.05) is 19.0 Å². The number of aliphatic carboxylic acids is 1. The number of carboxylic acid groups (broad SMARTS) is 1. The third-order valence-electron chi connectivity index (χ3n) is 4.95. The van der Waals surface area contributed by atoms with Crippen LogP contribution < -0.4 is 0 Å². The molecule has 2 saturated carbocycles. The van der Waals surface area contributed by atoms with Crippen LogP contribution in [-0.4, -0.2) is 21.2 Å². The van der Waals surface area contributed by atoms with Crippen molar-refractivity contribution >= 4 is 5.97 Å². The van der Waals surface area contributed by atoms with Crippen molar-refractivity contribution < 1.29 is 14.4 Å². The van der Waals surface area contributed by atoms with E-state index in [9.17, 15) is 9.90 Å². The molecule has 0 saturated heterocycles. The minimum absolute atomic E-state index is 0.109. The number of aromatic nitrogens is 2. The Morgan fingerprint density at radius 3 is 2.65 bits per heavy atom. The Labute approximate surface area is 118 Å². The van der Waals surface area contributed by atoms with E-state index in [1.54, 1.807) is 0 Å². The summed E-state index contributed by atoms with van der Waals surface area (Å²) in [5, 5.41) is 13.4. The number of hydrogen-bond donors (Lipinski definition) is 1. The van der Waals surface area contributed by atoms with Gasteiger partial charge in [-0.2, -0.15) is 4.98 Å². The maximum Gasteiger partial charge on any atom is 0.307 e. The van der Waals surface area contributed by atoms with Gasteiger partial charge in [-0.05, 0) is 43.9 Å². The lowest BCUT2D eigenvalue weighted by molar-refractivity contribution is -0.142. The van der Waals surface area contributed by atoms with Crippen molar-refractivity contribution in [2.45, 2.75) is 57.8 Å². The van der Waals surface area contributed by atoms with Gasteiger partial charge in [-0.15, -0.1) is 0 Å². The zero-order valence-corrected chi connectivity index (χ0v) is 12.1. The Morgan fingerprint density at radius 1 is 1.20 bits per heavy atom. The van der Waals surface area contributed by atoms with Crippen LogP contribution >= 0.6 is 0 Å². The van der Waals surface area contributed by atoms with Crippen molar-refractivity contribution in [3.63, 3.8) is 0 Å². The van der Waals surface area contributed by atoms with Gasteiger partial charge in [-0.25, -0.2) is 0 Å². The minimum Gasteiger partial charge on any atom is -0.481 e. The van der Waals surface area contributed by atoms with Crippen LogP contribution in [0.4, 0.5) is 0 Å². The maximum atomic E-state index is 11.3. The van der Waals surface area contributed by atoms with E-state index in [0.717, 1.165) is 31.0 Å². The molecule has 0 aliphatic heterocycles. The molecule has 0 aromatic carbocycles. The Morgan fingerprint density at radius 2 is 2.00 bits per heavy atom. The van der Waals surface area contributed by atoms with E-state index < -0.39 is 5.97 Å². The zero-order valence-electron chi connectivity index (χ0n) is 12.1. The molecule has 3 rings (SSSR count). The number of nitrogens with zero attached hydrogens (tertiary/aromatic N) is 2. The summed E-state index contributed by atoms with van der Waals surface area (Å²) in [5.74, 6) is 1.62. The topological polar surface area (TPSA) is 76.2 Å². The number of carbonyl (C=O) groups is 1. The summed E-state index contributed by atoms with van der Waals surface area (Å²) in [7, 11) is 0. The second kappa shape index (κ2) is 5.19. The van der Waals surface area contributed by atoms with Gasteiger partial charge in [0, 0.05) is 5.92 Å². The third-order valence-corrected chi connectivity index (χ3v) is 4.95. The first-order chi connectivity index (χ1) is 9.54. The van der Waals surface area contributed by atoms with E-state index >= 15 is 0 Å². The molecule has 1 N–H and O–H groups in total. The van der Waals surface area contributed by atoms with Gasteiger partial charge < -0.3 is 9.63 Å². The van der Waals surface area contributed by atoms with Crippen LogP contribution in [0, 0.1) is 17.8 Å². The van der Waals surface area contributed by atoms with Crippen molar-refractivity contribution in [3.8, 4) is 0 Å². The average Bonchev–Trinajstić information content (AvgIpc) is 3.06. The Hall–Kier alpha value is -1.39. The molecule has 5 heteroatoms. The molecule has 0 radical (unpaired) electrons. The molecule has 2 aliphatic carbocycles. The molecule has 2 fully saturated rings. The second-order valence-corrected chi connectivity index (χ2v) is 6.73. The molecular formula is C15H22N2O3. The third kappa shape index (κ3) is 2.45. The molecular weight excluding hydrogens is 256 g/mol. The molecule has 20 heavy (non-hydrogen) atoms. The molecule has 1 aromatic rings. The Bertz CT molecular complexity index is 499. The number of hydrogen-bond acceptors (Lipinski definition) is 4. The molecule has 5 atom stereocenters. The fourth-order valence-corrected chi connectivity index (χ4v) is 3.84. The van der Waals surface area contributed by atoms with Crippen molar-refractivity contribution in [1.29, 1.82) is 0 Å². The van der Waals surface area contributed by atoms with E-state index in [-0.39, 0.29) is 11.8 Å². The highest BCUT2D eigenvalue weighted by molar-refractivity contribution is 5.71. The smallest absolute Gasteiger partial charge is 0.307 e. The quantitative estimate of drug-likeness (QED) is 0.918. The predicted octanol–water partition coefficient (Wildman–Crippen LogP) is 3.19. The standard InChI is InChI=1S/C15H22N2O3/c1-8-3-4-10(5-8)13-16-14(20-17-13)11-6-9(2)7-12(11)15(18)19/h8-12H,3-7H2,1-2H3,(H,18,19). The average molecular weight is 278 g/mol. The van der Waals surface area contributed by atoms with Gasteiger partial charge in [0.25, 0.3) is 0 Å². The molecule has 5 nitrogen and oxygen atoms in total. The fourth-order valence-electron chi connectivity index (χ4n) is 3.84.